The van der Waals surface area contributed by atoms with Crippen LogP contribution in [0.2, 0.25) is 0 Å². The monoisotopic (exact) mass is 414 g/mol. The summed E-state index contributed by atoms with van der Waals surface area (Å²) in [6.07, 6.45) is -0.494. The first-order chi connectivity index (χ1) is 14.5. The highest BCUT2D eigenvalue weighted by Crippen LogP contribution is 2.32. The van der Waals surface area contributed by atoms with Crippen LogP contribution in [0.5, 0.6) is 17.2 Å². The van der Waals surface area contributed by atoms with Crippen molar-refractivity contribution < 1.29 is 33.3 Å². The van der Waals surface area contributed by atoms with Gasteiger partial charge >= 0.3 is 12.0 Å². The lowest BCUT2D eigenvalue weighted by atomic mass is 10.2. The number of esters is 1. The summed E-state index contributed by atoms with van der Waals surface area (Å²) < 4.78 is 21.4. The number of imide groups is 1. The van der Waals surface area contributed by atoms with Gasteiger partial charge in [-0.1, -0.05) is 25.1 Å². The van der Waals surface area contributed by atoms with Crippen molar-refractivity contribution in [2.75, 3.05) is 25.1 Å². The fourth-order valence-electron chi connectivity index (χ4n) is 2.64. The molecule has 0 bridgehead atoms. The zero-order valence-electron chi connectivity index (χ0n) is 16.4. The number of benzene rings is 2. The summed E-state index contributed by atoms with van der Waals surface area (Å²) in [7, 11) is 0. The molecule has 0 aliphatic carbocycles. The van der Waals surface area contributed by atoms with E-state index in [-0.39, 0.29) is 0 Å². The first-order valence-electron chi connectivity index (χ1n) is 9.44. The molecule has 0 fully saturated rings. The predicted octanol–water partition coefficient (Wildman–Crippen LogP) is 2.51. The van der Waals surface area contributed by atoms with Gasteiger partial charge in [0.1, 0.15) is 19.0 Å². The Hall–Kier alpha value is -3.75. The third-order valence-corrected chi connectivity index (χ3v) is 4.05. The molecule has 2 aromatic rings. The second-order valence-corrected chi connectivity index (χ2v) is 6.30. The molecule has 2 aromatic carbocycles. The number of carbonyl (C=O) groups excluding carboxylic acids is 3. The van der Waals surface area contributed by atoms with E-state index < -0.39 is 30.6 Å². The molecule has 1 atom stereocenters. The first kappa shape index (κ1) is 21.0. The molecule has 0 spiro atoms. The highest BCUT2D eigenvalue weighted by atomic mass is 16.6. The predicted molar refractivity (Wildman–Crippen MR) is 107 cm³/mol. The van der Waals surface area contributed by atoms with E-state index >= 15 is 0 Å². The van der Waals surface area contributed by atoms with Crippen molar-refractivity contribution in [3.05, 3.63) is 48.5 Å². The Morgan fingerprint density at radius 3 is 2.50 bits per heavy atom. The molecule has 3 amide bonds. The van der Waals surface area contributed by atoms with Crippen LogP contribution >= 0.6 is 0 Å². The third-order valence-electron chi connectivity index (χ3n) is 4.05. The standard InChI is InChI=1S/C21H22N2O7/c1-2-16(30-15-6-4-3-5-7-15)20(25)29-13-19(24)23-21(26)22-14-8-9-17-18(12-14)28-11-10-27-17/h3-9,12,16H,2,10-11,13H2,1H3,(H2,22,23,24,26)/t16-/m0/s1. The molecule has 3 rings (SSSR count). The maximum atomic E-state index is 12.1. The van der Waals surface area contributed by atoms with Gasteiger partial charge in [-0.3, -0.25) is 10.1 Å². The highest BCUT2D eigenvalue weighted by molar-refractivity contribution is 6.02. The summed E-state index contributed by atoms with van der Waals surface area (Å²) in [5, 5.41) is 4.60. The van der Waals surface area contributed by atoms with Crippen LogP contribution in [0.1, 0.15) is 13.3 Å². The van der Waals surface area contributed by atoms with Crippen molar-refractivity contribution in [1.29, 1.82) is 0 Å². The largest absolute Gasteiger partial charge is 0.486 e. The zero-order chi connectivity index (χ0) is 21.3. The Morgan fingerprint density at radius 1 is 1.03 bits per heavy atom. The molecule has 30 heavy (non-hydrogen) atoms. The average Bonchev–Trinajstić information content (AvgIpc) is 2.76. The number of urea groups is 1. The van der Waals surface area contributed by atoms with Gasteiger partial charge < -0.3 is 24.3 Å². The van der Waals surface area contributed by atoms with E-state index in [2.05, 4.69) is 10.6 Å². The van der Waals surface area contributed by atoms with Crippen molar-refractivity contribution in [1.82, 2.24) is 5.32 Å². The van der Waals surface area contributed by atoms with Crippen LogP contribution in [0, 0.1) is 0 Å². The minimum atomic E-state index is -0.855. The molecule has 9 heteroatoms. The molecule has 0 aromatic heterocycles. The van der Waals surface area contributed by atoms with Gasteiger partial charge in [0.15, 0.2) is 24.2 Å². The number of anilines is 1. The molecular weight excluding hydrogens is 392 g/mol. The van der Waals surface area contributed by atoms with Crippen molar-refractivity contribution in [2.45, 2.75) is 19.4 Å². The minimum absolute atomic E-state index is 0.361. The van der Waals surface area contributed by atoms with Crippen LogP contribution in [-0.4, -0.2) is 43.8 Å². The molecule has 1 aliphatic heterocycles. The third kappa shape index (κ3) is 5.87. The van der Waals surface area contributed by atoms with Crippen molar-refractivity contribution in [3.8, 4) is 17.2 Å². The number of amides is 3. The second-order valence-electron chi connectivity index (χ2n) is 6.30. The van der Waals surface area contributed by atoms with Gasteiger partial charge in [-0.05, 0) is 30.7 Å². The van der Waals surface area contributed by atoms with Crippen LogP contribution in [0.25, 0.3) is 0 Å². The Kier molecular flexibility index (Phi) is 7.09. The minimum Gasteiger partial charge on any atom is -0.486 e. The van der Waals surface area contributed by atoms with E-state index in [1.165, 1.54) is 0 Å². The number of hydrogen-bond donors (Lipinski definition) is 2. The maximum absolute atomic E-state index is 12.1. The first-order valence-corrected chi connectivity index (χ1v) is 9.44. The number of rotatable bonds is 7. The lowest BCUT2D eigenvalue weighted by Gasteiger charge is -2.19. The smallest absolute Gasteiger partial charge is 0.347 e. The Bertz CT molecular complexity index is 901. The number of hydrogen-bond acceptors (Lipinski definition) is 7. The fraction of sp³-hybridized carbons (Fsp3) is 0.286. The van der Waals surface area contributed by atoms with E-state index in [4.69, 9.17) is 18.9 Å². The summed E-state index contributed by atoms with van der Waals surface area (Å²) in [5.74, 6) is 0.142. The van der Waals surface area contributed by atoms with Gasteiger partial charge in [0, 0.05) is 11.8 Å². The fourth-order valence-corrected chi connectivity index (χ4v) is 2.64. The van der Waals surface area contributed by atoms with Crippen molar-refractivity contribution in [3.63, 3.8) is 0 Å². The molecule has 0 saturated carbocycles. The molecule has 9 nitrogen and oxygen atoms in total. The molecule has 0 saturated heterocycles. The number of ether oxygens (including phenoxy) is 4. The van der Waals surface area contributed by atoms with E-state index in [1.807, 2.05) is 6.07 Å². The summed E-state index contributed by atoms with van der Waals surface area (Å²) in [5.41, 5.74) is 0.420. The second kappa shape index (κ2) is 10.1. The summed E-state index contributed by atoms with van der Waals surface area (Å²) >= 11 is 0. The Morgan fingerprint density at radius 2 is 1.77 bits per heavy atom. The van der Waals surface area contributed by atoms with Gasteiger partial charge in [0.05, 0.1) is 0 Å². The lowest BCUT2D eigenvalue weighted by Crippen LogP contribution is -2.38. The molecule has 0 unspecified atom stereocenters. The quantitative estimate of drug-likeness (QED) is 0.670. The number of fused-ring (bicyclic) bond motifs is 1. The molecule has 0 radical (unpaired) electrons. The highest BCUT2D eigenvalue weighted by Gasteiger charge is 2.21. The van der Waals surface area contributed by atoms with Crippen LogP contribution < -0.4 is 24.8 Å². The number of para-hydroxylation sites is 1. The van der Waals surface area contributed by atoms with Crippen LogP contribution in [0.3, 0.4) is 0 Å². The molecule has 1 heterocycles. The molecule has 1 aliphatic rings. The van der Waals surface area contributed by atoms with E-state index in [1.54, 1.807) is 49.4 Å². The van der Waals surface area contributed by atoms with Crippen LogP contribution in [0.4, 0.5) is 10.5 Å². The number of carbonyl (C=O) groups is 3. The Balaban J connectivity index is 1.44. The molecular formula is C21H22N2O7. The van der Waals surface area contributed by atoms with Gasteiger partial charge in [-0.2, -0.15) is 0 Å². The average molecular weight is 414 g/mol. The van der Waals surface area contributed by atoms with Gasteiger partial charge in [-0.15, -0.1) is 0 Å². The molecule has 158 valence electrons. The zero-order valence-corrected chi connectivity index (χ0v) is 16.4. The van der Waals surface area contributed by atoms with Crippen LogP contribution in [0.15, 0.2) is 48.5 Å². The summed E-state index contributed by atoms with van der Waals surface area (Å²) in [4.78, 5) is 36.0. The van der Waals surface area contributed by atoms with E-state index in [0.717, 1.165) is 0 Å². The van der Waals surface area contributed by atoms with Gasteiger partial charge in [-0.25, -0.2) is 9.59 Å². The van der Waals surface area contributed by atoms with E-state index in [0.29, 0.717) is 42.6 Å². The lowest BCUT2D eigenvalue weighted by molar-refractivity contribution is -0.155. The maximum Gasteiger partial charge on any atom is 0.347 e. The SMILES string of the molecule is CC[C@H](Oc1ccccc1)C(=O)OCC(=O)NC(=O)Nc1ccc2c(c1)OCCO2. The summed E-state index contributed by atoms with van der Waals surface area (Å²) in [6.45, 7) is 2.03. The Labute approximate surface area is 173 Å². The topological polar surface area (TPSA) is 112 Å². The van der Waals surface area contributed by atoms with E-state index in [9.17, 15) is 14.4 Å². The van der Waals surface area contributed by atoms with Crippen molar-refractivity contribution >= 4 is 23.6 Å². The van der Waals surface area contributed by atoms with Crippen LogP contribution in [-0.2, 0) is 14.3 Å². The summed E-state index contributed by atoms with van der Waals surface area (Å²) in [6, 6.07) is 12.9. The van der Waals surface area contributed by atoms with Gasteiger partial charge in [0.25, 0.3) is 5.91 Å². The van der Waals surface area contributed by atoms with Crippen molar-refractivity contribution in [2.24, 2.45) is 0 Å². The number of nitrogens with one attached hydrogen (secondary N) is 2. The normalized spacial score (nSPS) is 13.0. The van der Waals surface area contributed by atoms with Gasteiger partial charge in [0.2, 0.25) is 0 Å². The molecule has 2 N–H and O–H groups in total.